The first kappa shape index (κ1) is 33.7. The van der Waals surface area contributed by atoms with Crippen molar-refractivity contribution in [2.24, 2.45) is 0 Å². The summed E-state index contributed by atoms with van der Waals surface area (Å²) in [5, 5.41) is 6.06. The first-order valence-electron chi connectivity index (χ1n) is 19.8. The molecule has 0 fully saturated rings. The molecular weight excluding hydrogens is 705 g/mol. The maximum atomic E-state index is 6.10. The second-order valence-electron chi connectivity index (χ2n) is 14.9. The summed E-state index contributed by atoms with van der Waals surface area (Å²) in [6.07, 6.45) is 5.86. The topological polar surface area (TPSA) is 23.0 Å². The standard InChI is InChI=1S/C55H38N2O/c1-3-13-53-43(4-2)49-34-39(29-33-54(49)58-53)38-24-22-36(23-25-38)37-26-30-42(31-27-37)57-51-21-11-9-17-46(51)48-19-12-18-44(55(48)57)40-28-32-47-45-16-8-10-20-50(45)56(52(47)35-40)41-14-6-5-7-15-41/h3-35H,2H2,1H3/b13-3-. The summed E-state index contributed by atoms with van der Waals surface area (Å²) in [5.74, 6) is 0.838. The molecule has 11 aromatic rings. The molecule has 0 saturated carbocycles. The number of nitrogens with zero attached hydrogens (tertiary/aromatic N) is 2. The number of hydrogen-bond acceptors (Lipinski definition) is 1. The Hall–Kier alpha value is -7.62. The van der Waals surface area contributed by atoms with E-state index >= 15 is 0 Å². The summed E-state index contributed by atoms with van der Waals surface area (Å²) >= 11 is 0. The molecular formula is C55H38N2O. The molecule has 0 amide bonds. The van der Waals surface area contributed by atoms with Crippen molar-refractivity contribution in [3.8, 4) is 44.8 Å². The van der Waals surface area contributed by atoms with E-state index in [1.54, 1.807) is 0 Å². The van der Waals surface area contributed by atoms with Crippen LogP contribution in [-0.4, -0.2) is 9.13 Å². The van der Waals surface area contributed by atoms with Gasteiger partial charge in [0.1, 0.15) is 11.3 Å². The molecule has 274 valence electrons. The van der Waals surface area contributed by atoms with Gasteiger partial charge in [0.05, 0.1) is 22.1 Å². The molecule has 0 spiro atoms. The number of benzene rings is 8. The van der Waals surface area contributed by atoms with Crippen LogP contribution >= 0.6 is 0 Å². The summed E-state index contributed by atoms with van der Waals surface area (Å²) in [4.78, 5) is 0. The predicted molar refractivity (Wildman–Crippen MR) is 246 cm³/mol. The lowest BCUT2D eigenvalue weighted by Crippen LogP contribution is -1.96. The average Bonchev–Trinajstić information content (AvgIpc) is 3.93. The molecule has 8 aromatic carbocycles. The van der Waals surface area contributed by atoms with Crippen LogP contribution in [0.25, 0.3) is 111 Å². The van der Waals surface area contributed by atoms with E-state index in [0.717, 1.165) is 44.8 Å². The van der Waals surface area contributed by atoms with Crippen LogP contribution < -0.4 is 0 Å². The average molecular weight is 743 g/mol. The molecule has 0 N–H and O–H groups in total. The maximum Gasteiger partial charge on any atom is 0.135 e. The zero-order chi connectivity index (χ0) is 38.7. The van der Waals surface area contributed by atoms with E-state index in [0.29, 0.717) is 0 Å². The van der Waals surface area contributed by atoms with Crippen LogP contribution in [0.3, 0.4) is 0 Å². The summed E-state index contributed by atoms with van der Waals surface area (Å²) in [6.45, 7) is 6.04. The smallest absolute Gasteiger partial charge is 0.135 e. The first-order valence-corrected chi connectivity index (χ1v) is 19.8. The summed E-state index contributed by atoms with van der Waals surface area (Å²) in [6, 6.07) is 66.1. The Morgan fingerprint density at radius 2 is 1.02 bits per heavy atom. The highest BCUT2D eigenvalue weighted by molar-refractivity contribution is 6.15. The second kappa shape index (κ2) is 13.5. The third-order valence-electron chi connectivity index (χ3n) is 11.6. The van der Waals surface area contributed by atoms with Gasteiger partial charge in [0.2, 0.25) is 0 Å². The molecule has 3 heteroatoms. The van der Waals surface area contributed by atoms with Gasteiger partial charge in [-0.2, -0.15) is 0 Å². The number of aromatic nitrogens is 2. The molecule has 0 aliphatic carbocycles. The van der Waals surface area contributed by atoms with E-state index < -0.39 is 0 Å². The Kier molecular flexibility index (Phi) is 7.87. The molecule has 0 atom stereocenters. The first-order chi connectivity index (χ1) is 28.7. The highest BCUT2D eigenvalue weighted by atomic mass is 16.3. The summed E-state index contributed by atoms with van der Waals surface area (Å²) in [5.41, 5.74) is 16.0. The fraction of sp³-hybridized carbons (Fsp3) is 0.0182. The number of para-hydroxylation sites is 4. The van der Waals surface area contributed by atoms with Gasteiger partial charge >= 0.3 is 0 Å². The zero-order valence-electron chi connectivity index (χ0n) is 32.1. The molecule has 3 aromatic heterocycles. The van der Waals surface area contributed by atoms with Crippen LogP contribution in [-0.2, 0) is 0 Å². The van der Waals surface area contributed by atoms with Gasteiger partial charge in [-0.25, -0.2) is 0 Å². The van der Waals surface area contributed by atoms with Gasteiger partial charge in [0, 0.05) is 49.4 Å². The highest BCUT2D eigenvalue weighted by Gasteiger charge is 2.19. The molecule has 0 aliphatic heterocycles. The minimum atomic E-state index is 0.838. The largest absolute Gasteiger partial charge is 0.456 e. The lowest BCUT2D eigenvalue weighted by molar-refractivity contribution is 0.603. The third-order valence-corrected chi connectivity index (χ3v) is 11.6. The van der Waals surface area contributed by atoms with E-state index in [9.17, 15) is 0 Å². The lowest BCUT2D eigenvalue weighted by atomic mass is 9.98. The normalized spacial score (nSPS) is 11.9. The van der Waals surface area contributed by atoms with Gasteiger partial charge < -0.3 is 13.6 Å². The fourth-order valence-electron chi connectivity index (χ4n) is 8.97. The molecule has 11 rings (SSSR count). The van der Waals surface area contributed by atoms with Crippen molar-refractivity contribution in [2.45, 2.75) is 6.92 Å². The fourth-order valence-corrected chi connectivity index (χ4v) is 8.97. The molecule has 0 unspecified atom stereocenters. The van der Waals surface area contributed by atoms with E-state index in [2.05, 4.69) is 198 Å². The number of rotatable bonds is 7. The zero-order valence-corrected chi connectivity index (χ0v) is 32.1. The second-order valence-corrected chi connectivity index (χ2v) is 14.9. The number of furan rings is 1. The van der Waals surface area contributed by atoms with Gasteiger partial charge in [0.25, 0.3) is 0 Å². The van der Waals surface area contributed by atoms with Crippen LogP contribution in [0, 0.1) is 0 Å². The van der Waals surface area contributed by atoms with Crippen molar-refractivity contribution in [2.75, 3.05) is 0 Å². The lowest BCUT2D eigenvalue weighted by Gasteiger charge is -2.13. The number of allylic oxidation sites excluding steroid dienone is 1. The van der Waals surface area contributed by atoms with Gasteiger partial charge in [-0.15, -0.1) is 0 Å². The molecule has 58 heavy (non-hydrogen) atoms. The van der Waals surface area contributed by atoms with Crippen molar-refractivity contribution in [1.82, 2.24) is 9.13 Å². The minimum Gasteiger partial charge on any atom is -0.456 e. The monoisotopic (exact) mass is 742 g/mol. The van der Waals surface area contributed by atoms with E-state index in [-0.39, 0.29) is 0 Å². The Balaban J connectivity index is 1.00. The van der Waals surface area contributed by atoms with Crippen molar-refractivity contribution < 1.29 is 4.42 Å². The Bertz CT molecular complexity index is 3390. The quantitative estimate of drug-likeness (QED) is 0.159. The SMILES string of the molecule is C=Cc1c(/C=C\C)oc2ccc(-c3ccc(-c4ccc(-n5c6ccccc6c6cccc(-c7ccc8c9ccccc9n(-c9ccccc9)c8c7)c65)cc4)cc3)cc12. The Morgan fingerprint density at radius 1 is 0.448 bits per heavy atom. The minimum absolute atomic E-state index is 0.838. The predicted octanol–water partition coefficient (Wildman–Crippen LogP) is 15.3. The molecule has 0 radical (unpaired) electrons. The Morgan fingerprint density at radius 3 is 1.74 bits per heavy atom. The van der Waals surface area contributed by atoms with Gasteiger partial charge in [-0.1, -0.05) is 146 Å². The third kappa shape index (κ3) is 5.28. The van der Waals surface area contributed by atoms with Gasteiger partial charge in [-0.05, 0) is 95.4 Å². The van der Waals surface area contributed by atoms with E-state index in [1.807, 2.05) is 25.2 Å². The van der Waals surface area contributed by atoms with Crippen molar-refractivity contribution in [3.05, 3.63) is 206 Å². The van der Waals surface area contributed by atoms with Crippen LogP contribution in [0.2, 0.25) is 0 Å². The van der Waals surface area contributed by atoms with E-state index in [4.69, 9.17) is 4.42 Å². The number of fused-ring (bicyclic) bond motifs is 7. The van der Waals surface area contributed by atoms with Crippen LogP contribution in [0.4, 0.5) is 0 Å². The van der Waals surface area contributed by atoms with Crippen LogP contribution in [0.15, 0.2) is 199 Å². The Labute approximate surface area is 336 Å². The summed E-state index contributed by atoms with van der Waals surface area (Å²) in [7, 11) is 0. The number of hydrogen-bond donors (Lipinski definition) is 0. The molecule has 0 bridgehead atoms. The van der Waals surface area contributed by atoms with Crippen LogP contribution in [0.1, 0.15) is 18.2 Å². The molecule has 3 heterocycles. The molecule has 0 aliphatic rings. The van der Waals surface area contributed by atoms with Gasteiger partial charge in [-0.3, -0.25) is 0 Å². The molecule has 0 saturated heterocycles. The maximum absolute atomic E-state index is 6.10. The van der Waals surface area contributed by atoms with Gasteiger partial charge in [0.15, 0.2) is 0 Å². The van der Waals surface area contributed by atoms with E-state index in [1.165, 1.54) is 65.9 Å². The summed E-state index contributed by atoms with van der Waals surface area (Å²) < 4.78 is 10.9. The molecule has 3 nitrogen and oxygen atoms in total. The van der Waals surface area contributed by atoms with Crippen molar-refractivity contribution >= 4 is 66.7 Å². The van der Waals surface area contributed by atoms with Crippen molar-refractivity contribution in [3.63, 3.8) is 0 Å². The van der Waals surface area contributed by atoms with Crippen molar-refractivity contribution in [1.29, 1.82) is 0 Å². The highest BCUT2D eigenvalue weighted by Crippen LogP contribution is 2.41. The van der Waals surface area contributed by atoms with Crippen LogP contribution in [0.5, 0.6) is 0 Å².